The van der Waals surface area contributed by atoms with Gasteiger partial charge in [0.15, 0.2) is 0 Å². The summed E-state index contributed by atoms with van der Waals surface area (Å²) in [5.74, 6) is -0.486. The zero-order chi connectivity index (χ0) is 19.7. The monoisotopic (exact) mass is 376 g/mol. The second-order valence-electron chi connectivity index (χ2n) is 6.63. The normalized spacial score (nSPS) is 16.6. The van der Waals surface area contributed by atoms with E-state index in [2.05, 4.69) is 15.6 Å². The van der Waals surface area contributed by atoms with Gasteiger partial charge in [-0.3, -0.25) is 0 Å². The molecule has 0 radical (unpaired) electrons. The third-order valence-corrected chi connectivity index (χ3v) is 4.91. The fraction of sp³-hybridized carbons (Fsp3) is 0.190. The lowest BCUT2D eigenvalue weighted by atomic mass is 9.92. The first kappa shape index (κ1) is 17.8. The zero-order valence-corrected chi connectivity index (χ0v) is 15.6. The van der Waals surface area contributed by atoms with Crippen molar-refractivity contribution in [3.8, 4) is 0 Å². The number of hydrogen-bond acceptors (Lipinski definition) is 4. The maximum Gasteiger partial charge on any atom is 0.338 e. The molecule has 4 rings (SSSR count). The highest BCUT2D eigenvalue weighted by molar-refractivity contribution is 5.95. The molecule has 2 aromatic carbocycles. The Hall–Kier alpha value is -3.61. The van der Waals surface area contributed by atoms with Crippen LogP contribution in [-0.4, -0.2) is 28.7 Å². The number of amides is 2. The summed E-state index contributed by atoms with van der Waals surface area (Å²) >= 11 is 0. The number of urea groups is 1. The van der Waals surface area contributed by atoms with Crippen molar-refractivity contribution in [2.75, 3.05) is 7.11 Å². The standard InChI is InChI=1S/C21H20N4O3/c1-13-7-3-4-8-14(13)19-18(20(26)28-2)16(23-21(27)24-19)11-25-12-22-15-9-5-6-10-17(15)25/h3-10,12,19H,11H2,1-2H3,(H2,23,24,27)/t19-/m0/s1. The van der Waals surface area contributed by atoms with Crippen molar-refractivity contribution in [2.45, 2.75) is 19.5 Å². The average molecular weight is 376 g/mol. The Balaban J connectivity index is 1.84. The van der Waals surface area contributed by atoms with Crippen LogP contribution in [0.15, 0.2) is 66.1 Å². The first-order chi connectivity index (χ1) is 13.6. The van der Waals surface area contributed by atoms with Crippen LogP contribution in [0.1, 0.15) is 17.2 Å². The highest BCUT2D eigenvalue weighted by Gasteiger charge is 2.34. The van der Waals surface area contributed by atoms with Crippen molar-refractivity contribution in [1.29, 1.82) is 0 Å². The van der Waals surface area contributed by atoms with E-state index in [4.69, 9.17) is 4.74 Å². The van der Waals surface area contributed by atoms with E-state index in [1.165, 1.54) is 7.11 Å². The molecule has 1 aromatic heterocycles. The lowest BCUT2D eigenvalue weighted by Gasteiger charge is -2.30. The molecule has 28 heavy (non-hydrogen) atoms. The van der Waals surface area contributed by atoms with Crippen molar-refractivity contribution in [3.63, 3.8) is 0 Å². The molecule has 0 unspecified atom stereocenters. The van der Waals surface area contributed by atoms with Crippen molar-refractivity contribution >= 4 is 23.0 Å². The maximum atomic E-state index is 12.7. The molecule has 3 aromatic rings. The van der Waals surface area contributed by atoms with E-state index in [-0.39, 0.29) is 6.03 Å². The number of benzene rings is 2. The van der Waals surface area contributed by atoms with Crippen molar-refractivity contribution in [1.82, 2.24) is 20.2 Å². The van der Waals surface area contributed by atoms with E-state index in [9.17, 15) is 9.59 Å². The molecule has 1 aliphatic rings. The van der Waals surface area contributed by atoms with Crippen LogP contribution in [0, 0.1) is 6.92 Å². The average Bonchev–Trinajstić information content (AvgIpc) is 3.10. The SMILES string of the molecule is COC(=O)C1=C(Cn2cnc3ccccc32)NC(=O)N[C@H]1c1ccccc1C. The van der Waals surface area contributed by atoms with E-state index in [1.807, 2.05) is 60.0 Å². The van der Waals surface area contributed by atoms with Gasteiger partial charge >= 0.3 is 12.0 Å². The van der Waals surface area contributed by atoms with Gasteiger partial charge in [0.1, 0.15) is 0 Å². The second kappa shape index (κ2) is 7.19. The number of carbonyl (C=O) groups is 2. The number of esters is 1. The maximum absolute atomic E-state index is 12.7. The topological polar surface area (TPSA) is 85.2 Å². The van der Waals surface area contributed by atoms with Crippen LogP contribution in [-0.2, 0) is 16.1 Å². The van der Waals surface area contributed by atoms with Gasteiger partial charge in [-0.25, -0.2) is 14.6 Å². The first-order valence-corrected chi connectivity index (χ1v) is 8.92. The zero-order valence-electron chi connectivity index (χ0n) is 15.6. The molecule has 0 saturated carbocycles. The number of ether oxygens (including phenoxy) is 1. The van der Waals surface area contributed by atoms with Crippen LogP contribution < -0.4 is 10.6 Å². The Kier molecular flexibility index (Phi) is 4.57. The number of aryl methyl sites for hydroxylation is 1. The van der Waals surface area contributed by atoms with E-state index < -0.39 is 12.0 Å². The van der Waals surface area contributed by atoms with Crippen LogP contribution >= 0.6 is 0 Å². The number of allylic oxidation sites excluding steroid dienone is 1. The quantitative estimate of drug-likeness (QED) is 0.686. The minimum Gasteiger partial charge on any atom is -0.466 e. The van der Waals surface area contributed by atoms with Gasteiger partial charge in [-0.1, -0.05) is 36.4 Å². The number of methoxy groups -OCH3 is 1. The highest BCUT2D eigenvalue weighted by atomic mass is 16.5. The van der Waals surface area contributed by atoms with Crippen LogP contribution in [0.2, 0.25) is 0 Å². The Morgan fingerprint density at radius 3 is 2.71 bits per heavy atom. The van der Waals surface area contributed by atoms with Crippen LogP contribution in [0.4, 0.5) is 4.79 Å². The third kappa shape index (κ3) is 3.11. The summed E-state index contributed by atoms with van der Waals surface area (Å²) in [7, 11) is 1.34. The molecule has 0 spiro atoms. The first-order valence-electron chi connectivity index (χ1n) is 8.92. The molecule has 2 N–H and O–H groups in total. The molecule has 1 aliphatic heterocycles. The summed E-state index contributed by atoms with van der Waals surface area (Å²) in [5, 5.41) is 5.64. The molecule has 2 heterocycles. The molecule has 2 amide bonds. The molecular formula is C21H20N4O3. The fourth-order valence-corrected chi connectivity index (χ4v) is 3.54. The van der Waals surface area contributed by atoms with E-state index in [1.54, 1.807) is 6.33 Å². The van der Waals surface area contributed by atoms with Crippen LogP contribution in [0.5, 0.6) is 0 Å². The number of rotatable bonds is 4. The molecule has 0 fully saturated rings. The summed E-state index contributed by atoms with van der Waals surface area (Å²) in [6, 6.07) is 14.4. The molecule has 1 atom stereocenters. The predicted octanol–water partition coefficient (Wildman–Crippen LogP) is 2.83. The fourth-order valence-electron chi connectivity index (χ4n) is 3.54. The molecule has 0 saturated heterocycles. The van der Waals surface area contributed by atoms with Gasteiger partial charge in [-0.05, 0) is 30.2 Å². The van der Waals surface area contributed by atoms with Crippen molar-refractivity contribution in [3.05, 3.63) is 77.3 Å². The Morgan fingerprint density at radius 2 is 1.93 bits per heavy atom. The Labute approximate surface area is 162 Å². The van der Waals surface area contributed by atoms with Gasteiger partial charge in [0, 0.05) is 0 Å². The van der Waals surface area contributed by atoms with E-state index >= 15 is 0 Å². The number of imidazole rings is 1. The van der Waals surface area contributed by atoms with Crippen LogP contribution in [0.3, 0.4) is 0 Å². The van der Waals surface area contributed by atoms with Gasteiger partial charge in [0.2, 0.25) is 0 Å². The lowest BCUT2D eigenvalue weighted by molar-refractivity contribution is -0.136. The summed E-state index contributed by atoms with van der Waals surface area (Å²) in [4.78, 5) is 29.4. The summed E-state index contributed by atoms with van der Waals surface area (Å²) < 4.78 is 6.94. The number of para-hydroxylation sites is 2. The van der Waals surface area contributed by atoms with Crippen LogP contribution in [0.25, 0.3) is 11.0 Å². The summed E-state index contributed by atoms with van der Waals surface area (Å²) in [6.45, 7) is 2.24. The largest absolute Gasteiger partial charge is 0.466 e. The number of aromatic nitrogens is 2. The molecule has 7 heteroatoms. The van der Waals surface area contributed by atoms with Gasteiger partial charge in [0.05, 0.1) is 48.3 Å². The van der Waals surface area contributed by atoms with E-state index in [0.29, 0.717) is 17.8 Å². The molecule has 0 bridgehead atoms. The minimum atomic E-state index is -0.591. The smallest absolute Gasteiger partial charge is 0.338 e. The summed E-state index contributed by atoms with van der Waals surface area (Å²) in [6.07, 6.45) is 1.70. The van der Waals surface area contributed by atoms with Crippen molar-refractivity contribution < 1.29 is 14.3 Å². The highest BCUT2D eigenvalue weighted by Crippen LogP contribution is 2.30. The minimum absolute atomic E-state index is 0.292. The summed E-state index contributed by atoms with van der Waals surface area (Å²) in [5.41, 5.74) is 4.47. The van der Waals surface area contributed by atoms with Gasteiger partial charge in [-0.2, -0.15) is 0 Å². The van der Waals surface area contributed by atoms with Gasteiger partial charge in [-0.15, -0.1) is 0 Å². The Bertz CT molecular complexity index is 1100. The second-order valence-corrected chi connectivity index (χ2v) is 6.63. The number of nitrogens with zero attached hydrogens (tertiary/aromatic N) is 2. The lowest BCUT2D eigenvalue weighted by Crippen LogP contribution is -2.47. The van der Waals surface area contributed by atoms with Gasteiger partial charge < -0.3 is 19.9 Å². The molecule has 142 valence electrons. The molecular weight excluding hydrogens is 356 g/mol. The number of nitrogens with one attached hydrogen (secondary N) is 2. The van der Waals surface area contributed by atoms with Crippen molar-refractivity contribution in [2.24, 2.45) is 0 Å². The van der Waals surface area contributed by atoms with E-state index in [0.717, 1.165) is 22.2 Å². The van der Waals surface area contributed by atoms with Gasteiger partial charge in [0.25, 0.3) is 0 Å². The number of carbonyl (C=O) groups excluding carboxylic acids is 2. The molecule has 7 nitrogen and oxygen atoms in total. The molecule has 0 aliphatic carbocycles. The number of hydrogen-bond donors (Lipinski definition) is 2. The number of fused-ring (bicyclic) bond motifs is 1. The Morgan fingerprint density at radius 1 is 1.18 bits per heavy atom. The predicted molar refractivity (Wildman–Crippen MR) is 104 cm³/mol. The third-order valence-electron chi connectivity index (χ3n) is 4.91.